The number of amides is 1. The number of pyridine rings is 1. The molecule has 0 spiro atoms. The number of ether oxygens (including phenoxy) is 1. The highest BCUT2D eigenvalue weighted by molar-refractivity contribution is 5.95. The summed E-state index contributed by atoms with van der Waals surface area (Å²) in [7, 11) is 1.66. The predicted octanol–water partition coefficient (Wildman–Crippen LogP) is 2.05. The lowest BCUT2D eigenvalue weighted by Gasteiger charge is -2.09. The maximum atomic E-state index is 12.2. The van der Waals surface area contributed by atoms with Gasteiger partial charge in [0.2, 0.25) is 0 Å². The van der Waals surface area contributed by atoms with Crippen molar-refractivity contribution in [3.63, 3.8) is 0 Å². The molecule has 5 heteroatoms. The Kier molecular flexibility index (Phi) is 4.90. The van der Waals surface area contributed by atoms with Gasteiger partial charge in [-0.1, -0.05) is 24.3 Å². The van der Waals surface area contributed by atoms with Crippen molar-refractivity contribution in [3.8, 4) is 0 Å². The zero-order valence-electron chi connectivity index (χ0n) is 12.2. The van der Waals surface area contributed by atoms with Crippen molar-refractivity contribution < 1.29 is 9.53 Å². The van der Waals surface area contributed by atoms with Gasteiger partial charge in [0.15, 0.2) is 0 Å². The Morgan fingerprint density at radius 1 is 1.33 bits per heavy atom. The molecule has 0 bridgehead atoms. The van der Waals surface area contributed by atoms with Gasteiger partial charge in [-0.3, -0.25) is 9.78 Å². The molecule has 2 aromatic rings. The van der Waals surface area contributed by atoms with Gasteiger partial charge in [-0.2, -0.15) is 0 Å². The molecule has 1 amide bonds. The second-order valence-corrected chi connectivity index (χ2v) is 4.84. The molecule has 1 aromatic carbocycles. The molecule has 3 N–H and O–H groups in total. The third kappa shape index (κ3) is 4.03. The summed E-state index contributed by atoms with van der Waals surface area (Å²) in [6, 6.07) is 9.54. The van der Waals surface area contributed by atoms with Crippen LogP contribution in [0.3, 0.4) is 0 Å². The minimum atomic E-state index is -0.176. The SMILES string of the molecule is COCc1cccc(CNC(=O)c2cc(N)cnc2C)c1. The van der Waals surface area contributed by atoms with Crippen molar-refractivity contribution in [2.45, 2.75) is 20.1 Å². The van der Waals surface area contributed by atoms with E-state index in [2.05, 4.69) is 10.3 Å². The second-order valence-electron chi connectivity index (χ2n) is 4.84. The van der Waals surface area contributed by atoms with Crippen molar-refractivity contribution in [1.82, 2.24) is 10.3 Å². The minimum Gasteiger partial charge on any atom is -0.397 e. The predicted molar refractivity (Wildman–Crippen MR) is 81.7 cm³/mol. The standard InChI is InChI=1S/C16H19N3O2/c1-11-15(7-14(17)9-18-11)16(20)19-8-12-4-3-5-13(6-12)10-21-2/h3-7,9H,8,10,17H2,1-2H3,(H,19,20). The zero-order valence-corrected chi connectivity index (χ0v) is 12.2. The number of aromatic nitrogens is 1. The highest BCUT2D eigenvalue weighted by atomic mass is 16.5. The molecule has 0 aliphatic carbocycles. The van der Waals surface area contributed by atoms with Crippen molar-refractivity contribution in [3.05, 3.63) is 58.9 Å². The number of nitrogens with one attached hydrogen (secondary N) is 1. The highest BCUT2D eigenvalue weighted by Crippen LogP contribution is 2.10. The van der Waals surface area contributed by atoms with Crippen LogP contribution in [0, 0.1) is 6.92 Å². The van der Waals surface area contributed by atoms with E-state index in [1.807, 2.05) is 24.3 Å². The minimum absolute atomic E-state index is 0.176. The van der Waals surface area contributed by atoms with Crippen LogP contribution in [0.1, 0.15) is 27.2 Å². The Balaban J connectivity index is 2.04. The molecule has 0 saturated carbocycles. The summed E-state index contributed by atoms with van der Waals surface area (Å²) in [6.07, 6.45) is 1.54. The summed E-state index contributed by atoms with van der Waals surface area (Å²) in [5.41, 5.74) is 9.41. The summed E-state index contributed by atoms with van der Waals surface area (Å²) in [4.78, 5) is 16.3. The molecular formula is C16H19N3O2. The highest BCUT2D eigenvalue weighted by Gasteiger charge is 2.10. The van der Waals surface area contributed by atoms with Gasteiger partial charge in [0, 0.05) is 13.7 Å². The molecule has 1 aromatic heterocycles. The largest absolute Gasteiger partial charge is 0.397 e. The number of carbonyl (C=O) groups excluding carboxylic acids is 1. The molecule has 0 saturated heterocycles. The first-order valence-corrected chi connectivity index (χ1v) is 6.67. The molecular weight excluding hydrogens is 266 g/mol. The number of hydrogen-bond acceptors (Lipinski definition) is 4. The van der Waals surface area contributed by atoms with E-state index in [4.69, 9.17) is 10.5 Å². The molecule has 0 aliphatic heterocycles. The maximum Gasteiger partial charge on any atom is 0.253 e. The number of nitrogen functional groups attached to an aromatic ring is 1. The number of benzene rings is 1. The smallest absolute Gasteiger partial charge is 0.253 e. The topological polar surface area (TPSA) is 77.2 Å². The van der Waals surface area contributed by atoms with Gasteiger partial charge in [-0.15, -0.1) is 0 Å². The zero-order chi connectivity index (χ0) is 15.2. The van der Waals surface area contributed by atoms with E-state index in [0.29, 0.717) is 30.1 Å². The Hall–Kier alpha value is -2.40. The number of aryl methyl sites for hydroxylation is 1. The van der Waals surface area contributed by atoms with Gasteiger partial charge in [-0.05, 0) is 24.1 Å². The molecule has 0 aliphatic rings. The van der Waals surface area contributed by atoms with E-state index < -0.39 is 0 Å². The second kappa shape index (κ2) is 6.85. The summed E-state index contributed by atoms with van der Waals surface area (Å²) < 4.78 is 5.10. The van der Waals surface area contributed by atoms with Crippen LogP contribution < -0.4 is 11.1 Å². The van der Waals surface area contributed by atoms with Crippen LogP contribution in [-0.2, 0) is 17.9 Å². The average Bonchev–Trinajstić information content (AvgIpc) is 2.48. The fraction of sp³-hybridized carbons (Fsp3) is 0.250. The van der Waals surface area contributed by atoms with Gasteiger partial charge < -0.3 is 15.8 Å². The van der Waals surface area contributed by atoms with Gasteiger partial charge in [0.1, 0.15) is 0 Å². The normalized spacial score (nSPS) is 10.4. The van der Waals surface area contributed by atoms with Crippen molar-refractivity contribution in [2.75, 3.05) is 12.8 Å². The van der Waals surface area contributed by atoms with Crippen molar-refractivity contribution >= 4 is 11.6 Å². The van der Waals surface area contributed by atoms with Crippen molar-refractivity contribution in [2.24, 2.45) is 0 Å². The van der Waals surface area contributed by atoms with Crippen LogP contribution in [0.5, 0.6) is 0 Å². The Labute approximate surface area is 124 Å². The summed E-state index contributed by atoms with van der Waals surface area (Å²) in [5.74, 6) is -0.176. The first kappa shape index (κ1) is 15.0. The van der Waals surface area contributed by atoms with E-state index in [9.17, 15) is 4.79 Å². The molecule has 0 unspecified atom stereocenters. The molecule has 5 nitrogen and oxygen atoms in total. The van der Waals surface area contributed by atoms with Crippen LogP contribution >= 0.6 is 0 Å². The van der Waals surface area contributed by atoms with Crippen LogP contribution in [0.2, 0.25) is 0 Å². The van der Waals surface area contributed by atoms with Crippen LogP contribution in [-0.4, -0.2) is 18.0 Å². The van der Waals surface area contributed by atoms with Gasteiger partial charge in [0.25, 0.3) is 5.91 Å². The van der Waals surface area contributed by atoms with E-state index in [0.717, 1.165) is 11.1 Å². The quantitative estimate of drug-likeness (QED) is 0.881. The number of carbonyl (C=O) groups is 1. The number of hydrogen-bond donors (Lipinski definition) is 2. The van der Waals surface area contributed by atoms with Gasteiger partial charge >= 0.3 is 0 Å². The molecule has 0 fully saturated rings. The Bertz CT molecular complexity index is 641. The lowest BCUT2D eigenvalue weighted by molar-refractivity contribution is 0.0950. The summed E-state index contributed by atoms with van der Waals surface area (Å²) in [6.45, 7) is 2.79. The fourth-order valence-corrected chi connectivity index (χ4v) is 2.05. The van der Waals surface area contributed by atoms with E-state index in [1.165, 1.54) is 0 Å². The number of methoxy groups -OCH3 is 1. The summed E-state index contributed by atoms with van der Waals surface area (Å²) >= 11 is 0. The molecule has 2 rings (SSSR count). The molecule has 110 valence electrons. The Morgan fingerprint density at radius 2 is 2.10 bits per heavy atom. The third-order valence-electron chi connectivity index (χ3n) is 3.11. The van der Waals surface area contributed by atoms with Gasteiger partial charge in [0.05, 0.1) is 29.7 Å². The number of nitrogens with two attached hydrogens (primary N) is 1. The molecule has 1 heterocycles. The van der Waals surface area contributed by atoms with E-state index in [1.54, 1.807) is 26.3 Å². The Morgan fingerprint density at radius 3 is 2.86 bits per heavy atom. The van der Waals surface area contributed by atoms with E-state index in [-0.39, 0.29) is 5.91 Å². The van der Waals surface area contributed by atoms with Gasteiger partial charge in [-0.25, -0.2) is 0 Å². The number of rotatable bonds is 5. The maximum absolute atomic E-state index is 12.2. The lowest BCUT2D eigenvalue weighted by atomic mass is 10.1. The average molecular weight is 285 g/mol. The fourth-order valence-electron chi connectivity index (χ4n) is 2.05. The first-order chi connectivity index (χ1) is 10.1. The number of anilines is 1. The van der Waals surface area contributed by atoms with Crippen LogP contribution in [0.15, 0.2) is 36.5 Å². The number of nitrogens with zero attached hydrogens (tertiary/aromatic N) is 1. The van der Waals surface area contributed by atoms with Crippen LogP contribution in [0.4, 0.5) is 5.69 Å². The van der Waals surface area contributed by atoms with E-state index >= 15 is 0 Å². The molecule has 0 radical (unpaired) electrons. The first-order valence-electron chi connectivity index (χ1n) is 6.67. The third-order valence-corrected chi connectivity index (χ3v) is 3.11. The van der Waals surface area contributed by atoms with Crippen molar-refractivity contribution in [1.29, 1.82) is 0 Å². The molecule has 21 heavy (non-hydrogen) atoms. The summed E-state index contributed by atoms with van der Waals surface area (Å²) in [5, 5.41) is 2.88. The lowest BCUT2D eigenvalue weighted by Crippen LogP contribution is -2.24. The van der Waals surface area contributed by atoms with Crippen LogP contribution in [0.25, 0.3) is 0 Å². The monoisotopic (exact) mass is 285 g/mol. The molecule has 0 atom stereocenters.